The summed E-state index contributed by atoms with van der Waals surface area (Å²) in [5.74, 6) is 0. The number of benzene rings is 1. The van der Waals surface area contributed by atoms with Crippen LogP contribution in [0.5, 0.6) is 0 Å². The Bertz CT molecular complexity index is 675. The van der Waals surface area contributed by atoms with Gasteiger partial charge in [-0.25, -0.2) is 0 Å². The second kappa shape index (κ2) is 5.20. The molecule has 0 radical (unpaired) electrons. The van der Waals surface area contributed by atoms with Gasteiger partial charge in [-0.2, -0.15) is 0 Å². The quantitative estimate of drug-likeness (QED) is 0.684. The van der Waals surface area contributed by atoms with Gasteiger partial charge in [0.25, 0.3) is 5.69 Å². The number of fused-ring (bicyclic) bond motifs is 1. The van der Waals surface area contributed by atoms with Crippen molar-refractivity contribution >= 4 is 27.3 Å². The SMILES string of the molecule is O=[N+]([O-])c1ccc(Br)c(NC2CCc3cccnc32)c1. The van der Waals surface area contributed by atoms with Crippen LogP contribution >= 0.6 is 15.9 Å². The van der Waals surface area contributed by atoms with Crippen LogP contribution in [0.1, 0.15) is 23.7 Å². The van der Waals surface area contributed by atoms with Crippen molar-refractivity contribution in [2.75, 3.05) is 5.32 Å². The molecule has 0 amide bonds. The Kier molecular flexibility index (Phi) is 3.40. The van der Waals surface area contributed by atoms with Crippen LogP contribution in [0.15, 0.2) is 41.0 Å². The molecule has 20 heavy (non-hydrogen) atoms. The molecule has 0 saturated carbocycles. The molecule has 2 aromatic rings. The molecule has 1 aliphatic carbocycles. The molecule has 1 unspecified atom stereocenters. The first-order valence-electron chi connectivity index (χ1n) is 6.29. The van der Waals surface area contributed by atoms with E-state index in [4.69, 9.17) is 0 Å². The van der Waals surface area contributed by atoms with Crippen LogP contribution in [-0.4, -0.2) is 9.91 Å². The van der Waals surface area contributed by atoms with Crippen LogP contribution in [0.25, 0.3) is 0 Å². The molecule has 3 rings (SSSR count). The van der Waals surface area contributed by atoms with Gasteiger partial charge in [-0.3, -0.25) is 15.1 Å². The van der Waals surface area contributed by atoms with E-state index in [1.54, 1.807) is 18.3 Å². The summed E-state index contributed by atoms with van der Waals surface area (Å²) in [6, 6.07) is 8.83. The predicted octanol–water partition coefficient (Wildman–Crippen LogP) is 3.85. The number of aryl methyl sites for hydroxylation is 1. The Hall–Kier alpha value is -1.95. The summed E-state index contributed by atoms with van der Waals surface area (Å²) in [4.78, 5) is 14.9. The topological polar surface area (TPSA) is 68.1 Å². The van der Waals surface area contributed by atoms with E-state index in [0.717, 1.165) is 28.7 Å². The highest BCUT2D eigenvalue weighted by atomic mass is 79.9. The zero-order chi connectivity index (χ0) is 14.1. The maximum Gasteiger partial charge on any atom is 0.271 e. The molecule has 0 aliphatic heterocycles. The minimum absolute atomic E-state index is 0.0786. The molecular weight excluding hydrogens is 322 g/mol. The van der Waals surface area contributed by atoms with Crippen molar-refractivity contribution in [3.8, 4) is 0 Å². The Labute approximate surface area is 124 Å². The van der Waals surface area contributed by atoms with Crippen LogP contribution in [-0.2, 0) is 6.42 Å². The zero-order valence-electron chi connectivity index (χ0n) is 10.5. The molecule has 1 atom stereocenters. The van der Waals surface area contributed by atoms with E-state index in [9.17, 15) is 10.1 Å². The smallest absolute Gasteiger partial charge is 0.271 e. The lowest BCUT2D eigenvalue weighted by Crippen LogP contribution is -2.09. The first-order valence-corrected chi connectivity index (χ1v) is 7.09. The van der Waals surface area contributed by atoms with Gasteiger partial charge in [0, 0.05) is 22.8 Å². The van der Waals surface area contributed by atoms with Gasteiger partial charge >= 0.3 is 0 Å². The fraction of sp³-hybridized carbons (Fsp3) is 0.214. The number of pyridine rings is 1. The summed E-state index contributed by atoms with van der Waals surface area (Å²) in [6.45, 7) is 0. The van der Waals surface area contributed by atoms with E-state index >= 15 is 0 Å². The Balaban J connectivity index is 1.89. The molecule has 1 aromatic heterocycles. The molecule has 5 nitrogen and oxygen atoms in total. The number of nitro benzene ring substituents is 1. The van der Waals surface area contributed by atoms with Gasteiger partial charge < -0.3 is 5.32 Å². The molecule has 0 saturated heterocycles. The largest absolute Gasteiger partial charge is 0.376 e. The number of anilines is 1. The molecule has 102 valence electrons. The maximum atomic E-state index is 10.9. The lowest BCUT2D eigenvalue weighted by molar-refractivity contribution is -0.384. The van der Waals surface area contributed by atoms with E-state index in [1.165, 1.54) is 11.6 Å². The number of nitro groups is 1. The number of hydrogen-bond donors (Lipinski definition) is 1. The summed E-state index contributed by atoms with van der Waals surface area (Å²) >= 11 is 3.42. The molecule has 0 spiro atoms. The van der Waals surface area contributed by atoms with Crippen LogP contribution < -0.4 is 5.32 Å². The van der Waals surface area contributed by atoms with Crippen LogP contribution in [0.2, 0.25) is 0 Å². The van der Waals surface area contributed by atoms with Gasteiger partial charge in [0.2, 0.25) is 0 Å². The van der Waals surface area contributed by atoms with Gasteiger partial charge in [0.1, 0.15) is 0 Å². The number of halogens is 1. The number of nitrogens with one attached hydrogen (secondary N) is 1. The summed E-state index contributed by atoms with van der Waals surface area (Å²) in [7, 11) is 0. The molecule has 1 N–H and O–H groups in total. The van der Waals surface area contributed by atoms with E-state index in [0.29, 0.717) is 0 Å². The number of aromatic nitrogens is 1. The van der Waals surface area contributed by atoms with Gasteiger partial charge in [0.05, 0.1) is 22.3 Å². The Morgan fingerprint density at radius 2 is 2.25 bits per heavy atom. The summed E-state index contributed by atoms with van der Waals surface area (Å²) in [5.41, 5.74) is 3.08. The minimum Gasteiger partial charge on any atom is -0.376 e. The number of rotatable bonds is 3. The lowest BCUT2D eigenvalue weighted by Gasteiger charge is -2.15. The summed E-state index contributed by atoms with van der Waals surface area (Å²) in [6.07, 6.45) is 3.70. The third kappa shape index (κ3) is 2.38. The predicted molar refractivity (Wildman–Crippen MR) is 79.7 cm³/mol. The van der Waals surface area contributed by atoms with Crippen molar-refractivity contribution in [3.63, 3.8) is 0 Å². The molecule has 0 fully saturated rings. The van der Waals surface area contributed by atoms with Crippen LogP contribution in [0.4, 0.5) is 11.4 Å². The summed E-state index contributed by atoms with van der Waals surface area (Å²) < 4.78 is 0.812. The Morgan fingerprint density at radius 1 is 1.40 bits per heavy atom. The fourth-order valence-corrected chi connectivity index (χ4v) is 2.84. The molecular formula is C14H12BrN3O2. The van der Waals surface area contributed by atoms with E-state index in [2.05, 4.69) is 32.3 Å². The minimum atomic E-state index is -0.390. The first kappa shape index (κ1) is 13.1. The molecule has 1 aliphatic rings. The lowest BCUT2D eigenvalue weighted by atomic mass is 10.2. The standard InChI is InChI=1S/C14H12BrN3O2/c15-11-5-4-10(18(19)20)8-13(11)17-12-6-3-9-2-1-7-16-14(9)12/h1-2,4-5,7-8,12,17H,3,6H2. The summed E-state index contributed by atoms with van der Waals surface area (Å²) in [5, 5.41) is 14.2. The van der Waals surface area contributed by atoms with Gasteiger partial charge in [-0.15, -0.1) is 0 Å². The van der Waals surface area contributed by atoms with Gasteiger partial charge in [-0.1, -0.05) is 6.07 Å². The van der Waals surface area contributed by atoms with Gasteiger partial charge in [-0.05, 0) is 46.5 Å². The highest BCUT2D eigenvalue weighted by Gasteiger charge is 2.24. The number of hydrogen-bond acceptors (Lipinski definition) is 4. The highest BCUT2D eigenvalue weighted by Crippen LogP contribution is 2.35. The van der Waals surface area contributed by atoms with Crippen LogP contribution in [0.3, 0.4) is 0 Å². The van der Waals surface area contributed by atoms with E-state index in [1.807, 2.05) is 6.07 Å². The van der Waals surface area contributed by atoms with E-state index < -0.39 is 4.92 Å². The third-order valence-corrected chi connectivity index (χ3v) is 4.14. The number of non-ortho nitro benzene ring substituents is 1. The fourth-order valence-electron chi connectivity index (χ4n) is 2.48. The molecule has 0 bridgehead atoms. The zero-order valence-corrected chi connectivity index (χ0v) is 12.1. The molecule has 1 aromatic carbocycles. The maximum absolute atomic E-state index is 10.9. The van der Waals surface area contributed by atoms with Crippen molar-refractivity contribution in [2.45, 2.75) is 18.9 Å². The van der Waals surface area contributed by atoms with Crippen molar-refractivity contribution in [2.24, 2.45) is 0 Å². The van der Waals surface area contributed by atoms with E-state index in [-0.39, 0.29) is 11.7 Å². The van der Waals surface area contributed by atoms with Gasteiger partial charge in [0.15, 0.2) is 0 Å². The molecule has 1 heterocycles. The first-order chi connectivity index (χ1) is 9.65. The van der Waals surface area contributed by atoms with Crippen molar-refractivity contribution in [1.82, 2.24) is 4.98 Å². The number of nitrogens with zero attached hydrogens (tertiary/aromatic N) is 2. The normalized spacial score (nSPS) is 16.8. The van der Waals surface area contributed by atoms with Crippen molar-refractivity contribution < 1.29 is 4.92 Å². The van der Waals surface area contributed by atoms with Crippen molar-refractivity contribution in [3.05, 3.63) is 62.4 Å². The Morgan fingerprint density at radius 3 is 3.05 bits per heavy atom. The molecule has 6 heteroatoms. The monoisotopic (exact) mass is 333 g/mol. The second-order valence-electron chi connectivity index (χ2n) is 4.70. The average molecular weight is 334 g/mol. The average Bonchev–Trinajstić information content (AvgIpc) is 2.84. The van der Waals surface area contributed by atoms with Crippen molar-refractivity contribution in [1.29, 1.82) is 0 Å². The van der Waals surface area contributed by atoms with Crippen LogP contribution in [0, 0.1) is 10.1 Å². The second-order valence-corrected chi connectivity index (χ2v) is 5.56. The highest BCUT2D eigenvalue weighted by molar-refractivity contribution is 9.10. The third-order valence-electron chi connectivity index (χ3n) is 3.45.